The molecule has 1 atom stereocenters. The minimum atomic E-state index is -1.07. The lowest BCUT2D eigenvalue weighted by molar-refractivity contribution is -0.150. The third-order valence-corrected chi connectivity index (χ3v) is 3.83. The molecule has 120 valence electrons. The summed E-state index contributed by atoms with van der Waals surface area (Å²) in [6.45, 7) is 2.25. The summed E-state index contributed by atoms with van der Waals surface area (Å²) in [6.07, 6.45) is 18.4. The lowest BCUT2D eigenvalue weighted by Crippen LogP contribution is -2.08. The fourth-order valence-electron chi connectivity index (χ4n) is 2.52. The topological polar surface area (TPSA) is 46.5 Å². The van der Waals surface area contributed by atoms with Gasteiger partial charge in [0.1, 0.15) is 0 Å². The van der Waals surface area contributed by atoms with E-state index >= 15 is 0 Å². The molecule has 0 radical (unpaired) electrons. The maximum atomic E-state index is 10.9. The van der Waals surface area contributed by atoms with Crippen LogP contribution in [0.5, 0.6) is 0 Å². The molecule has 0 spiro atoms. The minimum absolute atomic E-state index is 0.457. The first-order valence-corrected chi connectivity index (χ1v) is 8.51. The Balaban J connectivity index is 1.89. The molecule has 21 heavy (non-hydrogen) atoms. The monoisotopic (exact) mass is 294 g/mol. The molecule has 0 aromatic heterocycles. The van der Waals surface area contributed by atoms with Gasteiger partial charge in [-0.25, -0.2) is 4.79 Å². The summed E-state index contributed by atoms with van der Waals surface area (Å²) in [5, 5.41) is 9.37. The molecule has 0 bridgehead atoms. The van der Waals surface area contributed by atoms with Gasteiger partial charge in [0.05, 0.1) is 0 Å². The van der Waals surface area contributed by atoms with Crippen LogP contribution in [-0.4, -0.2) is 17.4 Å². The Bertz CT molecular complexity index is 344. The van der Waals surface area contributed by atoms with Gasteiger partial charge in [-0.2, -0.15) is 0 Å². The molecule has 1 unspecified atom stereocenters. The molecule has 0 aromatic rings. The van der Waals surface area contributed by atoms with Gasteiger partial charge in [-0.05, 0) is 12.8 Å². The number of allylic oxidation sites excluding steroid dienone is 1. The molecule has 1 heterocycles. The molecule has 1 N–H and O–H groups in total. The average Bonchev–Trinajstić information content (AvgIpc) is 2.78. The summed E-state index contributed by atoms with van der Waals surface area (Å²) in [4.78, 5) is 10.9. The fraction of sp³-hybridized carbons (Fsp3) is 0.722. The summed E-state index contributed by atoms with van der Waals surface area (Å²) >= 11 is 0. The Morgan fingerprint density at radius 3 is 2.14 bits per heavy atom. The third-order valence-electron chi connectivity index (χ3n) is 3.83. The van der Waals surface area contributed by atoms with E-state index in [1.807, 2.05) is 6.08 Å². The van der Waals surface area contributed by atoms with Crippen molar-refractivity contribution in [1.29, 1.82) is 0 Å². The maximum absolute atomic E-state index is 10.9. The van der Waals surface area contributed by atoms with Crippen molar-refractivity contribution in [1.82, 2.24) is 0 Å². The van der Waals surface area contributed by atoms with Crippen molar-refractivity contribution in [3.8, 4) is 0 Å². The molecule has 3 heteroatoms. The Morgan fingerprint density at radius 2 is 1.62 bits per heavy atom. The van der Waals surface area contributed by atoms with Crippen LogP contribution >= 0.6 is 0 Å². The molecule has 0 aromatic carbocycles. The molecular weight excluding hydrogens is 264 g/mol. The van der Waals surface area contributed by atoms with Gasteiger partial charge < -0.3 is 9.84 Å². The van der Waals surface area contributed by atoms with Crippen LogP contribution in [0.4, 0.5) is 0 Å². The maximum Gasteiger partial charge on any atom is 0.333 e. The SMILES string of the molecule is CCCCCCCCCCCC/C=C/C1=CC(=O)OC1O. The second-order valence-electron chi connectivity index (χ2n) is 5.81. The number of aliphatic hydroxyl groups excluding tert-OH is 1. The first-order chi connectivity index (χ1) is 10.2. The van der Waals surface area contributed by atoms with Gasteiger partial charge in [-0.15, -0.1) is 0 Å². The van der Waals surface area contributed by atoms with Gasteiger partial charge in [0, 0.05) is 11.6 Å². The molecule has 3 nitrogen and oxygen atoms in total. The van der Waals surface area contributed by atoms with Gasteiger partial charge in [0.2, 0.25) is 6.29 Å². The van der Waals surface area contributed by atoms with E-state index in [9.17, 15) is 9.90 Å². The summed E-state index contributed by atoms with van der Waals surface area (Å²) in [6, 6.07) is 0. The number of unbranched alkanes of at least 4 members (excludes halogenated alkanes) is 10. The fourth-order valence-corrected chi connectivity index (χ4v) is 2.52. The highest BCUT2D eigenvalue weighted by Gasteiger charge is 2.20. The van der Waals surface area contributed by atoms with Gasteiger partial charge in [-0.3, -0.25) is 0 Å². The predicted molar refractivity (Wildman–Crippen MR) is 85.8 cm³/mol. The number of rotatable bonds is 12. The number of carbonyl (C=O) groups excluding carboxylic acids is 1. The van der Waals surface area contributed by atoms with Gasteiger partial charge >= 0.3 is 5.97 Å². The molecule has 1 aliphatic heterocycles. The van der Waals surface area contributed by atoms with E-state index in [2.05, 4.69) is 11.7 Å². The zero-order chi connectivity index (χ0) is 15.3. The number of hydrogen-bond acceptors (Lipinski definition) is 3. The normalized spacial score (nSPS) is 18.3. The van der Waals surface area contributed by atoms with Crippen LogP contribution in [0.15, 0.2) is 23.8 Å². The standard InChI is InChI=1S/C18H30O3/c1-2-3-4-5-6-7-8-9-10-11-12-13-14-16-15-17(19)21-18(16)20/h13-15,18,20H,2-12H2,1H3/b14-13+. The lowest BCUT2D eigenvalue weighted by Gasteiger charge is -2.02. The van der Waals surface area contributed by atoms with Crippen LogP contribution in [0.25, 0.3) is 0 Å². The van der Waals surface area contributed by atoms with Gasteiger partial charge in [0.15, 0.2) is 0 Å². The average molecular weight is 294 g/mol. The number of carbonyl (C=O) groups is 1. The zero-order valence-electron chi connectivity index (χ0n) is 13.4. The predicted octanol–water partition coefficient (Wildman–Crippen LogP) is 4.66. The van der Waals surface area contributed by atoms with Gasteiger partial charge in [0.25, 0.3) is 0 Å². The number of esters is 1. The molecule has 1 aliphatic rings. The second kappa shape index (κ2) is 11.6. The third kappa shape index (κ3) is 8.71. The molecule has 1 rings (SSSR count). The van der Waals surface area contributed by atoms with Crippen molar-refractivity contribution in [2.24, 2.45) is 0 Å². The first kappa shape index (κ1) is 18.0. The first-order valence-electron chi connectivity index (χ1n) is 8.51. The van der Waals surface area contributed by atoms with Crippen LogP contribution in [-0.2, 0) is 9.53 Å². The van der Waals surface area contributed by atoms with Crippen LogP contribution in [0.2, 0.25) is 0 Å². The van der Waals surface area contributed by atoms with Crippen molar-refractivity contribution in [3.63, 3.8) is 0 Å². The molecule has 0 aliphatic carbocycles. The highest BCUT2D eigenvalue weighted by Crippen LogP contribution is 2.15. The largest absolute Gasteiger partial charge is 0.428 e. The highest BCUT2D eigenvalue weighted by atomic mass is 16.6. The number of ether oxygens (including phenoxy) is 1. The van der Waals surface area contributed by atoms with Crippen LogP contribution in [0, 0.1) is 0 Å². The summed E-state index contributed by atoms with van der Waals surface area (Å²) in [7, 11) is 0. The van der Waals surface area contributed by atoms with E-state index in [0.717, 1.165) is 6.42 Å². The lowest BCUT2D eigenvalue weighted by atomic mass is 10.1. The molecular formula is C18H30O3. The van der Waals surface area contributed by atoms with Crippen molar-refractivity contribution in [3.05, 3.63) is 23.8 Å². The van der Waals surface area contributed by atoms with Crippen LogP contribution < -0.4 is 0 Å². The Labute approximate surface area is 129 Å². The number of aliphatic hydroxyl groups is 1. The van der Waals surface area contributed by atoms with Crippen LogP contribution in [0.3, 0.4) is 0 Å². The van der Waals surface area contributed by atoms with Crippen LogP contribution in [0.1, 0.15) is 77.6 Å². The Kier molecular flexibility index (Phi) is 9.88. The number of cyclic esters (lactones) is 1. The van der Waals surface area contributed by atoms with Crippen molar-refractivity contribution >= 4 is 5.97 Å². The second-order valence-corrected chi connectivity index (χ2v) is 5.81. The van der Waals surface area contributed by atoms with E-state index < -0.39 is 12.3 Å². The molecule has 0 fully saturated rings. The number of hydrogen-bond donors (Lipinski definition) is 1. The smallest absolute Gasteiger partial charge is 0.333 e. The van der Waals surface area contributed by atoms with Crippen molar-refractivity contribution < 1.29 is 14.6 Å². The van der Waals surface area contributed by atoms with E-state index in [0.29, 0.717) is 5.57 Å². The molecule has 0 amide bonds. The Hall–Kier alpha value is -1.09. The molecule has 0 saturated heterocycles. The zero-order valence-corrected chi connectivity index (χ0v) is 13.4. The van der Waals surface area contributed by atoms with E-state index in [1.54, 1.807) is 6.08 Å². The quantitative estimate of drug-likeness (QED) is 0.421. The van der Waals surface area contributed by atoms with E-state index in [1.165, 1.54) is 70.3 Å². The Morgan fingerprint density at radius 1 is 1.05 bits per heavy atom. The summed E-state index contributed by atoms with van der Waals surface area (Å²) in [5.74, 6) is -0.457. The summed E-state index contributed by atoms with van der Waals surface area (Å²) < 4.78 is 4.60. The van der Waals surface area contributed by atoms with Gasteiger partial charge in [-0.1, -0.05) is 76.9 Å². The highest BCUT2D eigenvalue weighted by molar-refractivity contribution is 5.86. The van der Waals surface area contributed by atoms with Crippen molar-refractivity contribution in [2.45, 2.75) is 83.8 Å². The van der Waals surface area contributed by atoms with Crippen molar-refractivity contribution in [2.75, 3.05) is 0 Å². The molecule has 0 saturated carbocycles. The van der Waals surface area contributed by atoms with E-state index in [-0.39, 0.29) is 0 Å². The minimum Gasteiger partial charge on any atom is -0.428 e. The summed E-state index contributed by atoms with van der Waals surface area (Å²) in [5.41, 5.74) is 0.562. The van der Waals surface area contributed by atoms with E-state index in [4.69, 9.17) is 0 Å².